The molecule has 5 rings (SSSR count). The molecule has 31 heavy (non-hydrogen) atoms. The molecule has 156 valence electrons. The number of hydrogen-bond acceptors (Lipinski definition) is 5. The number of aliphatic hydroxyl groups is 1. The third-order valence-corrected chi connectivity index (χ3v) is 5.64. The molecule has 7 nitrogen and oxygen atoms in total. The smallest absolute Gasteiger partial charge is 0.255 e. The molecule has 1 aliphatic rings. The average molecular weight is 414 g/mol. The minimum atomic E-state index is -1.28. The van der Waals surface area contributed by atoms with Crippen LogP contribution in [0.3, 0.4) is 0 Å². The number of amides is 1. The number of fused-ring (bicyclic) bond motifs is 2. The Bertz CT molecular complexity index is 1300. The van der Waals surface area contributed by atoms with Gasteiger partial charge in [0.05, 0.1) is 12.0 Å². The van der Waals surface area contributed by atoms with Crippen molar-refractivity contribution in [2.45, 2.75) is 12.5 Å². The van der Waals surface area contributed by atoms with Crippen molar-refractivity contribution < 1.29 is 14.6 Å². The maximum atomic E-state index is 12.2. The van der Waals surface area contributed by atoms with Gasteiger partial charge in [-0.25, -0.2) is 4.98 Å². The molecule has 7 heteroatoms. The number of ether oxygens (including phenoxy) is 1. The summed E-state index contributed by atoms with van der Waals surface area (Å²) in [4.78, 5) is 25.7. The molecule has 1 aliphatic heterocycles. The SMILES string of the molecule is CN(C)C(=O)C(O)c1cncc(-c2cnc3[nH]cc4c3c2OCCc2ccccc2-4)c1. The molecular weight excluding hydrogens is 392 g/mol. The van der Waals surface area contributed by atoms with Crippen molar-refractivity contribution in [3.05, 3.63) is 66.2 Å². The van der Waals surface area contributed by atoms with E-state index in [4.69, 9.17) is 4.74 Å². The molecule has 4 aromatic rings. The minimum Gasteiger partial charge on any atom is -0.492 e. The number of carbonyl (C=O) groups excluding carboxylic acids is 1. The highest BCUT2D eigenvalue weighted by molar-refractivity contribution is 6.02. The van der Waals surface area contributed by atoms with Crippen molar-refractivity contribution in [1.82, 2.24) is 19.9 Å². The van der Waals surface area contributed by atoms with Gasteiger partial charge < -0.3 is 19.7 Å². The van der Waals surface area contributed by atoms with E-state index in [9.17, 15) is 9.90 Å². The standard InChI is InChI=1S/C24H22N4O3/c1-28(2)24(30)21(29)16-9-15(10-25-11-16)18-12-26-23-20-19(13-27-23)17-6-4-3-5-14(17)7-8-31-22(18)20/h3-6,9-13,21,29H,7-8H2,1-2H3,(H,26,27). The normalized spacial score (nSPS) is 13.6. The predicted molar refractivity (Wildman–Crippen MR) is 118 cm³/mol. The van der Waals surface area contributed by atoms with E-state index in [2.05, 4.69) is 27.1 Å². The zero-order chi connectivity index (χ0) is 21.5. The highest BCUT2D eigenvalue weighted by Gasteiger charge is 2.24. The van der Waals surface area contributed by atoms with E-state index in [-0.39, 0.29) is 0 Å². The second-order valence-electron chi connectivity index (χ2n) is 7.82. The third kappa shape index (κ3) is 3.23. The molecule has 3 aromatic heterocycles. The molecule has 0 saturated carbocycles. The fourth-order valence-electron chi connectivity index (χ4n) is 4.04. The molecule has 0 radical (unpaired) electrons. The number of aliphatic hydroxyl groups excluding tert-OH is 1. The van der Waals surface area contributed by atoms with Gasteiger partial charge in [0, 0.05) is 67.6 Å². The number of aromatic nitrogens is 3. The van der Waals surface area contributed by atoms with Crippen LogP contribution in [0.1, 0.15) is 17.2 Å². The molecule has 0 aliphatic carbocycles. The zero-order valence-corrected chi connectivity index (χ0v) is 17.3. The number of pyridine rings is 2. The summed E-state index contributed by atoms with van der Waals surface area (Å²) < 4.78 is 6.26. The molecule has 1 atom stereocenters. The van der Waals surface area contributed by atoms with Crippen LogP contribution in [-0.4, -0.2) is 51.6 Å². The quantitative estimate of drug-likeness (QED) is 0.537. The zero-order valence-electron chi connectivity index (χ0n) is 17.3. The Morgan fingerprint density at radius 1 is 1.16 bits per heavy atom. The van der Waals surface area contributed by atoms with Crippen LogP contribution in [0.15, 0.2) is 55.1 Å². The van der Waals surface area contributed by atoms with Crippen molar-refractivity contribution >= 4 is 16.9 Å². The Hall–Kier alpha value is -3.71. The minimum absolute atomic E-state index is 0.400. The van der Waals surface area contributed by atoms with Gasteiger partial charge in [0.1, 0.15) is 11.4 Å². The Balaban J connectivity index is 1.68. The van der Waals surface area contributed by atoms with E-state index in [1.165, 1.54) is 16.7 Å². The average Bonchev–Trinajstić information content (AvgIpc) is 3.21. The lowest BCUT2D eigenvalue weighted by Crippen LogP contribution is -2.28. The summed E-state index contributed by atoms with van der Waals surface area (Å²) >= 11 is 0. The molecule has 0 fully saturated rings. The van der Waals surface area contributed by atoms with Gasteiger partial charge in [-0.15, -0.1) is 0 Å². The Kier molecular flexibility index (Phi) is 4.67. The monoisotopic (exact) mass is 414 g/mol. The van der Waals surface area contributed by atoms with Gasteiger partial charge in [-0.3, -0.25) is 9.78 Å². The Labute approximate surface area is 179 Å². The van der Waals surface area contributed by atoms with Crippen LogP contribution in [0, 0.1) is 0 Å². The second-order valence-corrected chi connectivity index (χ2v) is 7.82. The van der Waals surface area contributed by atoms with Gasteiger partial charge in [-0.2, -0.15) is 0 Å². The van der Waals surface area contributed by atoms with E-state index in [1.54, 1.807) is 32.6 Å². The molecule has 2 N–H and O–H groups in total. The topological polar surface area (TPSA) is 91.3 Å². The van der Waals surface area contributed by atoms with Crippen LogP contribution < -0.4 is 4.74 Å². The summed E-state index contributed by atoms with van der Waals surface area (Å²) in [5, 5.41) is 11.4. The maximum absolute atomic E-state index is 12.2. The summed E-state index contributed by atoms with van der Waals surface area (Å²) in [5.41, 5.74) is 6.11. The molecule has 1 amide bonds. The second kappa shape index (κ2) is 7.52. The van der Waals surface area contributed by atoms with Crippen LogP contribution in [0.5, 0.6) is 5.75 Å². The van der Waals surface area contributed by atoms with Gasteiger partial charge in [-0.1, -0.05) is 24.3 Å². The first kappa shape index (κ1) is 19.3. The summed E-state index contributed by atoms with van der Waals surface area (Å²) in [7, 11) is 3.22. The molecule has 0 saturated heterocycles. The van der Waals surface area contributed by atoms with Crippen molar-refractivity contribution in [1.29, 1.82) is 0 Å². The highest BCUT2D eigenvalue weighted by atomic mass is 16.5. The van der Waals surface area contributed by atoms with Crippen LogP contribution in [-0.2, 0) is 11.2 Å². The number of nitrogens with one attached hydrogen (secondary N) is 1. The summed E-state index contributed by atoms with van der Waals surface area (Å²) in [6.07, 6.45) is 6.41. The lowest BCUT2D eigenvalue weighted by Gasteiger charge is -2.19. The largest absolute Gasteiger partial charge is 0.492 e. The van der Waals surface area contributed by atoms with Crippen LogP contribution in [0.25, 0.3) is 33.3 Å². The number of aromatic amines is 1. The van der Waals surface area contributed by atoms with Crippen molar-refractivity contribution in [2.24, 2.45) is 0 Å². The summed E-state index contributed by atoms with van der Waals surface area (Å²) in [6, 6.07) is 10.1. The molecule has 4 heterocycles. The fraction of sp³-hybridized carbons (Fsp3) is 0.208. The first-order chi connectivity index (χ1) is 15.0. The van der Waals surface area contributed by atoms with E-state index < -0.39 is 12.0 Å². The van der Waals surface area contributed by atoms with E-state index in [1.807, 2.05) is 18.3 Å². The number of carbonyl (C=O) groups is 1. The van der Waals surface area contributed by atoms with Crippen molar-refractivity contribution in [3.63, 3.8) is 0 Å². The molecule has 1 aromatic carbocycles. The van der Waals surface area contributed by atoms with E-state index >= 15 is 0 Å². The number of likely N-dealkylation sites (N-methyl/N-ethyl adjacent to an activating group) is 1. The lowest BCUT2D eigenvalue weighted by molar-refractivity contribution is -0.137. The van der Waals surface area contributed by atoms with Crippen molar-refractivity contribution in [2.75, 3.05) is 20.7 Å². The van der Waals surface area contributed by atoms with Crippen molar-refractivity contribution in [3.8, 4) is 28.0 Å². The van der Waals surface area contributed by atoms with Crippen LogP contribution in [0.2, 0.25) is 0 Å². The van der Waals surface area contributed by atoms with Gasteiger partial charge in [-0.05, 0) is 17.2 Å². The van der Waals surface area contributed by atoms with Gasteiger partial charge >= 0.3 is 0 Å². The number of rotatable bonds is 3. The van der Waals surface area contributed by atoms with Crippen LogP contribution in [0.4, 0.5) is 0 Å². The van der Waals surface area contributed by atoms with E-state index in [0.29, 0.717) is 12.2 Å². The van der Waals surface area contributed by atoms with E-state index in [0.717, 1.165) is 45.5 Å². The van der Waals surface area contributed by atoms with Gasteiger partial charge in [0.2, 0.25) is 0 Å². The summed E-state index contributed by atoms with van der Waals surface area (Å²) in [5.74, 6) is 0.325. The molecule has 1 unspecified atom stereocenters. The number of H-pyrrole nitrogens is 1. The molecular formula is C24H22N4O3. The van der Waals surface area contributed by atoms with Crippen LogP contribution >= 0.6 is 0 Å². The Morgan fingerprint density at radius 3 is 2.84 bits per heavy atom. The highest BCUT2D eigenvalue weighted by Crippen LogP contribution is 2.43. The molecule has 0 spiro atoms. The Morgan fingerprint density at radius 2 is 2.00 bits per heavy atom. The predicted octanol–water partition coefficient (Wildman–Crippen LogP) is 3.35. The first-order valence-electron chi connectivity index (χ1n) is 10.1. The maximum Gasteiger partial charge on any atom is 0.255 e. The lowest BCUT2D eigenvalue weighted by atomic mass is 9.95. The third-order valence-electron chi connectivity index (χ3n) is 5.64. The number of benzene rings is 1. The first-order valence-corrected chi connectivity index (χ1v) is 10.1. The summed E-state index contributed by atoms with van der Waals surface area (Å²) in [6.45, 7) is 0.530. The molecule has 0 bridgehead atoms. The van der Waals surface area contributed by atoms with Gasteiger partial charge in [0.15, 0.2) is 6.10 Å². The fourth-order valence-corrected chi connectivity index (χ4v) is 4.04. The van der Waals surface area contributed by atoms with Gasteiger partial charge in [0.25, 0.3) is 5.91 Å². The number of hydrogen-bond donors (Lipinski definition) is 2. The number of nitrogens with zero attached hydrogens (tertiary/aromatic N) is 3.